The molecule has 0 amide bonds. The van der Waals surface area contributed by atoms with Crippen LogP contribution in [0.2, 0.25) is 0 Å². The predicted molar refractivity (Wildman–Crippen MR) is 89.7 cm³/mol. The highest BCUT2D eigenvalue weighted by Gasteiger charge is 2.11. The van der Waals surface area contributed by atoms with Crippen LogP contribution in [-0.4, -0.2) is 7.11 Å². The minimum absolute atomic E-state index is 0.0777. The molecule has 2 aromatic rings. The van der Waals surface area contributed by atoms with Crippen LogP contribution in [0.4, 0.5) is 4.39 Å². The topological polar surface area (TPSA) is 9.23 Å². The van der Waals surface area contributed by atoms with Crippen LogP contribution in [0.5, 0.6) is 5.75 Å². The Morgan fingerprint density at radius 2 is 1.50 bits per heavy atom. The molecular formula is C20H21FO. The van der Waals surface area contributed by atoms with Gasteiger partial charge >= 0.3 is 0 Å². The number of hydrogen-bond donors (Lipinski definition) is 0. The van der Waals surface area contributed by atoms with Crippen LogP contribution >= 0.6 is 0 Å². The summed E-state index contributed by atoms with van der Waals surface area (Å²) in [6, 6.07) is 14.6. The van der Waals surface area contributed by atoms with Crippen molar-refractivity contribution in [2.24, 2.45) is 5.92 Å². The molecule has 2 atom stereocenters. The van der Waals surface area contributed by atoms with E-state index in [-0.39, 0.29) is 11.7 Å². The number of halogens is 1. The highest BCUT2D eigenvalue weighted by Crippen LogP contribution is 2.28. The third kappa shape index (κ3) is 4.08. The first kappa shape index (κ1) is 16.0. The van der Waals surface area contributed by atoms with Crippen molar-refractivity contribution in [2.45, 2.75) is 12.8 Å². The standard InChI is InChI=1S/C20H21FO/c1-4-15(2)5-14-20(16-6-10-18(21)11-7-16)17-8-12-19(22-3)13-9-17/h4-15,20H,1H2,2-3H3/b14-5+/t15-,20+/m0/s1. The summed E-state index contributed by atoms with van der Waals surface area (Å²) in [7, 11) is 1.65. The monoisotopic (exact) mass is 296 g/mol. The van der Waals surface area contributed by atoms with Gasteiger partial charge in [0.2, 0.25) is 0 Å². The third-order valence-electron chi connectivity index (χ3n) is 3.68. The van der Waals surface area contributed by atoms with Crippen molar-refractivity contribution in [1.29, 1.82) is 0 Å². The van der Waals surface area contributed by atoms with Crippen LogP contribution in [0.3, 0.4) is 0 Å². The molecule has 2 heteroatoms. The van der Waals surface area contributed by atoms with Gasteiger partial charge in [0.25, 0.3) is 0 Å². The third-order valence-corrected chi connectivity index (χ3v) is 3.68. The van der Waals surface area contributed by atoms with Crippen molar-refractivity contribution < 1.29 is 9.13 Å². The van der Waals surface area contributed by atoms with Gasteiger partial charge in [0, 0.05) is 5.92 Å². The van der Waals surface area contributed by atoms with Gasteiger partial charge in [0.05, 0.1) is 7.11 Å². The average Bonchev–Trinajstić information content (AvgIpc) is 2.56. The number of benzene rings is 2. The molecule has 0 saturated heterocycles. The fourth-order valence-corrected chi connectivity index (χ4v) is 2.26. The summed E-state index contributed by atoms with van der Waals surface area (Å²) >= 11 is 0. The second-order valence-electron chi connectivity index (χ2n) is 5.28. The Hall–Kier alpha value is -2.35. The van der Waals surface area contributed by atoms with E-state index in [1.807, 2.05) is 42.5 Å². The van der Waals surface area contributed by atoms with Crippen molar-refractivity contribution in [2.75, 3.05) is 7.11 Å². The molecule has 0 aliphatic carbocycles. The van der Waals surface area contributed by atoms with E-state index in [0.717, 1.165) is 16.9 Å². The van der Waals surface area contributed by atoms with Gasteiger partial charge in [-0.3, -0.25) is 0 Å². The minimum atomic E-state index is -0.222. The zero-order valence-corrected chi connectivity index (χ0v) is 13.0. The molecule has 0 bridgehead atoms. The summed E-state index contributed by atoms with van der Waals surface area (Å²) in [5, 5.41) is 0. The Labute approximate surface area is 131 Å². The predicted octanol–water partition coefficient (Wildman–Crippen LogP) is 5.34. The Balaban J connectivity index is 2.37. The number of allylic oxidation sites excluding steroid dienone is 3. The minimum Gasteiger partial charge on any atom is -0.497 e. The molecule has 2 rings (SSSR count). The number of methoxy groups -OCH3 is 1. The van der Waals surface area contributed by atoms with Gasteiger partial charge in [0.15, 0.2) is 0 Å². The molecule has 0 fully saturated rings. The highest BCUT2D eigenvalue weighted by atomic mass is 19.1. The summed E-state index contributed by atoms with van der Waals surface area (Å²) in [5.74, 6) is 0.973. The molecule has 0 aliphatic heterocycles. The lowest BCUT2D eigenvalue weighted by Crippen LogP contribution is -1.99. The maximum atomic E-state index is 13.2. The number of rotatable bonds is 6. The Bertz CT molecular complexity index is 626. The maximum absolute atomic E-state index is 13.2. The first-order valence-electron chi connectivity index (χ1n) is 7.34. The fourth-order valence-electron chi connectivity index (χ4n) is 2.26. The molecule has 114 valence electrons. The zero-order valence-electron chi connectivity index (χ0n) is 13.0. The molecule has 2 aromatic carbocycles. The van der Waals surface area contributed by atoms with E-state index in [0.29, 0.717) is 5.92 Å². The van der Waals surface area contributed by atoms with Gasteiger partial charge in [-0.05, 0) is 41.3 Å². The van der Waals surface area contributed by atoms with Crippen molar-refractivity contribution >= 4 is 0 Å². The van der Waals surface area contributed by atoms with Crippen LogP contribution < -0.4 is 4.74 Å². The second kappa shape index (κ2) is 7.60. The van der Waals surface area contributed by atoms with E-state index in [4.69, 9.17) is 4.74 Å². The van der Waals surface area contributed by atoms with Crippen LogP contribution in [0, 0.1) is 11.7 Å². The lowest BCUT2D eigenvalue weighted by Gasteiger charge is -2.15. The lowest BCUT2D eigenvalue weighted by atomic mass is 9.90. The normalized spacial score (nSPS) is 13.8. The number of hydrogen-bond acceptors (Lipinski definition) is 1. The van der Waals surface area contributed by atoms with Crippen molar-refractivity contribution in [3.05, 3.63) is 90.3 Å². The molecule has 0 unspecified atom stereocenters. The largest absolute Gasteiger partial charge is 0.497 e. The summed E-state index contributed by atoms with van der Waals surface area (Å²) < 4.78 is 18.4. The van der Waals surface area contributed by atoms with E-state index < -0.39 is 0 Å². The number of ether oxygens (including phenoxy) is 1. The Morgan fingerprint density at radius 3 is 2.00 bits per heavy atom. The van der Waals surface area contributed by atoms with E-state index >= 15 is 0 Å². The summed E-state index contributed by atoms with van der Waals surface area (Å²) in [6.07, 6.45) is 6.15. The SMILES string of the molecule is C=C[C@H](C)/C=C/[C@H](c1ccc(F)cc1)c1ccc(OC)cc1. The van der Waals surface area contributed by atoms with Crippen LogP contribution in [0.25, 0.3) is 0 Å². The van der Waals surface area contributed by atoms with Crippen LogP contribution in [0.1, 0.15) is 24.0 Å². The van der Waals surface area contributed by atoms with Crippen molar-refractivity contribution in [3.8, 4) is 5.75 Å². The Morgan fingerprint density at radius 1 is 0.955 bits per heavy atom. The average molecular weight is 296 g/mol. The van der Waals surface area contributed by atoms with Crippen molar-refractivity contribution in [3.63, 3.8) is 0 Å². The smallest absolute Gasteiger partial charge is 0.123 e. The zero-order chi connectivity index (χ0) is 15.9. The summed E-state index contributed by atoms with van der Waals surface area (Å²) in [4.78, 5) is 0. The molecule has 0 saturated carbocycles. The van der Waals surface area contributed by atoms with Crippen LogP contribution in [0.15, 0.2) is 73.3 Å². The Kier molecular flexibility index (Phi) is 5.54. The lowest BCUT2D eigenvalue weighted by molar-refractivity contribution is 0.414. The quantitative estimate of drug-likeness (QED) is 0.653. The molecule has 0 aliphatic rings. The molecule has 0 aromatic heterocycles. The van der Waals surface area contributed by atoms with Crippen molar-refractivity contribution in [1.82, 2.24) is 0 Å². The van der Waals surface area contributed by atoms with Gasteiger partial charge < -0.3 is 4.74 Å². The highest BCUT2D eigenvalue weighted by molar-refractivity contribution is 5.39. The van der Waals surface area contributed by atoms with Gasteiger partial charge in [-0.25, -0.2) is 4.39 Å². The molecule has 0 heterocycles. The van der Waals surface area contributed by atoms with Gasteiger partial charge in [0.1, 0.15) is 11.6 Å². The molecule has 22 heavy (non-hydrogen) atoms. The molecule has 0 radical (unpaired) electrons. The van der Waals surface area contributed by atoms with Gasteiger partial charge in [-0.15, -0.1) is 6.58 Å². The molecule has 0 spiro atoms. The van der Waals surface area contributed by atoms with Gasteiger partial charge in [-0.1, -0.05) is 49.4 Å². The van der Waals surface area contributed by atoms with E-state index in [9.17, 15) is 4.39 Å². The first-order valence-corrected chi connectivity index (χ1v) is 7.34. The van der Waals surface area contributed by atoms with E-state index in [1.165, 1.54) is 12.1 Å². The summed E-state index contributed by atoms with van der Waals surface area (Å²) in [5.41, 5.74) is 2.19. The van der Waals surface area contributed by atoms with E-state index in [2.05, 4.69) is 25.7 Å². The van der Waals surface area contributed by atoms with Crippen LogP contribution in [-0.2, 0) is 0 Å². The molecular weight excluding hydrogens is 275 g/mol. The first-order chi connectivity index (χ1) is 10.6. The molecule has 1 nitrogen and oxygen atoms in total. The van der Waals surface area contributed by atoms with Gasteiger partial charge in [-0.2, -0.15) is 0 Å². The molecule has 0 N–H and O–H groups in total. The second-order valence-corrected chi connectivity index (χ2v) is 5.28. The summed E-state index contributed by atoms with van der Waals surface area (Å²) in [6.45, 7) is 5.88. The van der Waals surface area contributed by atoms with E-state index in [1.54, 1.807) is 7.11 Å². The fraction of sp³-hybridized carbons (Fsp3) is 0.200. The maximum Gasteiger partial charge on any atom is 0.123 e.